The largest absolute Gasteiger partial charge is 0.375 e. The van der Waals surface area contributed by atoms with Crippen molar-refractivity contribution in [3.05, 3.63) is 51.5 Å². The number of hydrogen-bond donors (Lipinski definition) is 1. The summed E-state index contributed by atoms with van der Waals surface area (Å²) in [5.74, 6) is -1.11. The van der Waals surface area contributed by atoms with E-state index in [4.69, 9.17) is 27.9 Å². The number of nitrogens with zero attached hydrogens (tertiary/aromatic N) is 4. The summed E-state index contributed by atoms with van der Waals surface area (Å²) in [7, 11) is 0. The van der Waals surface area contributed by atoms with Crippen LogP contribution in [0, 0.1) is 34.3 Å². The maximum Gasteiger partial charge on any atom is 0.184 e. The molecule has 2 N–H and O–H groups in total. The molecule has 2 aromatic carbocycles. The first kappa shape index (κ1) is 18.0. The molecule has 2 aromatic heterocycles. The summed E-state index contributed by atoms with van der Waals surface area (Å²) in [6.07, 6.45) is 0. The molecular formula is C16H6ClF2N5S2. The number of aromatic nitrogens is 2. The highest BCUT2D eigenvalue weighted by molar-refractivity contribution is 7.22. The average molecular weight is 406 g/mol. The van der Waals surface area contributed by atoms with Crippen LogP contribution in [0.25, 0.3) is 20.4 Å². The van der Waals surface area contributed by atoms with Gasteiger partial charge in [0.2, 0.25) is 0 Å². The fraction of sp³-hybridized carbons (Fsp3) is 0. The van der Waals surface area contributed by atoms with Gasteiger partial charge in [-0.1, -0.05) is 22.9 Å². The molecule has 0 bridgehead atoms. The first-order valence-electron chi connectivity index (χ1n) is 6.82. The summed E-state index contributed by atoms with van der Waals surface area (Å²) < 4.78 is 27.9. The molecule has 0 aliphatic rings. The highest BCUT2D eigenvalue weighted by atomic mass is 35.5. The fourth-order valence-electron chi connectivity index (χ4n) is 2.06. The zero-order chi connectivity index (χ0) is 18.8. The standard InChI is InChI=1S/C8H2ClFN2S.C8H4FN3S/c9-8-12-6-2-5(10)4(3-11)1-7(6)13-8;9-5-2-6-7(1-4(5)3-10)13-8(11)12-6/h1-2H;1-2H,(H2,11,12). The van der Waals surface area contributed by atoms with E-state index in [0.29, 0.717) is 20.6 Å². The third kappa shape index (κ3) is 3.55. The van der Waals surface area contributed by atoms with E-state index in [9.17, 15) is 8.78 Å². The number of nitrogens with two attached hydrogens (primary N) is 1. The lowest BCUT2D eigenvalue weighted by Crippen LogP contribution is -1.83. The maximum absolute atomic E-state index is 13.0. The van der Waals surface area contributed by atoms with Crippen LogP contribution in [0.3, 0.4) is 0 Å². The van der Waals surface area contributed by atoms with E-state index in [1.54, 1.807) is 12.1 Å². The van der Waals surface area contributed by atoms with Gasteiger partial charge in [-0.3, -0.25) is 0 Å². The second kappa shape index (κ2) is 7.18. The molecule has 2 heterocycles. The second-order valence-corrected chi connectivity index (χ2v) is 7.52. The zero-order valence-electron chi connectivity index (χ0n) is 12.6. The van der Waals surface area contributed by atoms with Gasteiger partial charge in [0.15, 0.2) is 9.60 Å². The van der Waals surface area contributed by atoms with Crippen molar-refractivity contribution in [1.82, 2.24) is 9.97 Å². The third-order valence-electron chi connectivity index (χ3n) is 3.19. The molecule has 0 unspecified atom stereocenters. The van der Waals surface area contributed by atoms with E-state index in [1.165, 1.54) is 46.9 Å². The summed E-state index contributed by atoms with van der Waals surface area (Å²) in [5, 5.41) is 17.5. The number of fused-ring (bicyclic) bond motifs is 2. The molecule has 0 aliphatic carbocycles. The van der Waals surface area contributed by atoms with E-state index in [0.717, 1.165) is 9.40 Å². The number of anilines is 1. The molecule has 0 saturated heterocycles. The van der Waals surface area contributed by atoms with E-state index < -0.39 is 11.6 Å². The summed E-state index contributed by atoms with van der Waals surface area (Å²) in [6, 6.07) is 8.87. The number of benzene rings is 2. The Morgan fingerprint density at radius 2 is 1.38 bits per heavy atom. The van der Waals surface area contributed by atoms with Crippen LogP contribution in [0.15, 0.2) is 24.3 Å². The SMILES string of the molecule is N#Cc1cc2sc(Cl)nc2cc1F.N#Cc1cc2sc(N)nc2cc1F. The van der Waals surface area contributed by atoms with Crippen LogP contribution in [0.2, 0.25) is 4.47 Å². The highest BCUT2D eigenvalue weighted by Crippen LogP contribution is 2.27. The van der Waals surface area contributed by atoms with Crippen LogP contribution < -0.4 is 5.73 Å². The molecule has 0 aliphatic heterocycles. The minimum absolute atomic E-state index is 0.0211. The van der Waals surface area contributed by atoms with Gasteiger partial charge < -0.3 is 5.73 Å². The lowest BCUT2D eigenvalue weighted by molar-refractivity contribution is 0.625. The molecule has 0 radical (unpaired) electrons. The van der Waals surface area contributed by atoms with Gasteiger partial charge in [-0.2, -0.15) is 10.5 Å². The van der Waals surface area contributed by atoms with Crippen molar-refractivity contribution in [3.8, 4) is 12.1 Å². The Balaban J connectivity index is 0.000000151. The second-order valence-electron chi connectivity index (χ2n) is 4.84. The molecule has 128 valence electrons. The van der Waals surface area contributed by atoms with Crippen molar-refractivity contribution in [2.24, 2.45) is 0 Å². The molecule has 0 fully saturated rings. The van der Waals surface area contributed by atoms with E-state index in [-0.39, 0.29) is 11.1 Å². The Hall–Kier alpha value is -2.85. The van der Waals surface area contributed by atoms with Crippen LogP contribution >= 0.6 is 34.3 Å². The van der Waals surface area contributed by atoms with Crippen LogP contribution in [0.1, 0.15) is 11.1 Å². The van der Waals surface area contributed by atoms with Crippen molar-refractivity contribution in [2.45, 2.75) is 0 Å². The Bertz CT molecular complexity index is 1120. The van der Waals surface area contributed by atoms with E-state index in [2.05, 4.69) is 9.97 Å². The molecule has 0 atom stereocenters. The van der Waals surface area contributed by atoms with Crippen LogP contribution in [0.5, 0.6) is 0 Å². The van der Waals surface area contributed by atoms with Gasteiger partial charge in [-0.25, -0.2) is 18.7 Å². The van der Waals surface area contributed by atoms with Gasteiger partial charge in [0, 0.05) is 12.1 Å². The minimum Gasteiger partial charge on any atom is -0.375 e. The van der Waals surface area contributed by atoms with Crippen molar-refractivity contribution < 1.29 is 8.78 Å². The molecule has 26 heavy (non-hydrogen) atoms. The molecule has 0 spiro atoms. The van der Waals surface area contributed by atoms with Crippen LogP contribution in [-0.2, 0) is 0 Å². The first-order chi connectivity index (χ1) is 12.4. The minimum atomic E-state index is -0.558. The molecular weight excluding hydrogens is 400 g/mol. The quantitative estimate of drug-likeness (QED) is 0.450. The number of nitriles is 2. The van der Waals surface area contributed by atoms with E-state index in [1.807, 2.05) is 0 Å². The summed E-state index contributed by atoms with van der Waals surface area (Å²) in [5.41, 5.74) is 6.47. The first-order valence-corrected chi connectivity index (χ1v) is 8.83. The van der Waals surface area contributed by atoms with Crippen LogP contribution in [-0.4, -0.2) is 9.97 Å². The predicted molar refractivity (Wildman–Crippen MR) is 98.0 cm³/mol. The van der Waals surface area contributed by atoms with Gasteiger partial charge in [0.05, 0.1) is 31.6 Å². The van der Waals surface area contributed by atoms with Crippen molar-refractivity contribution in [1.29, 1.82) is 10.5 Å². The monoisotopic (exact) mass is 405 g/mol. The number of nitrogen functional groups attached to an aromatic ring is 1. The highest BCUT2D eigenvalue weighted by Gasteiger charge is 2.08. The fourth-order valence-corrected chi connectivity index (χ4v) is 3.86. The smallest absolute Gasteiger partial charge is 0.184 e. The molecule has 10 heteroatoms. The number of halogens is 3. The molecule has 4 aromatic rings. The summed E-state index contributed by atoms with van der Waals surface area (Å²) >= 11 is 8.10. The Labute approximate surface area is 158 Å². The molecule has 5 nitrogen and oxygen atoms in total. The van der Waals surface area contributed by atoms with Gasteiger partial charge in [-0.05, 0) is 12.1 Å². The number of rotatable bonds is 0. The van der Waals surface area contributed by atoms with Crippen LogP contribution in [0.4, 0.5) is 13.9 Å². The molecule has 0 saturated carbocycles. The Kier molecular flexibility index (Phi) is 4.96. The van der Waals surface area contributed by atoms with Crippen molar-refractivity contribution >= 4 is 59.8 Å². The Morgan fingerprint density at radius 1 is 0.885 bits per heavy atom. The zero-order valence-corrected chi connectivity index (χ0v) is 15.0. The van der Waals surface area contributed by atoms with Gasteiger partial charge in [0.25, 0.3) is 0 Å². The van der Waals surface area contributed by atoms with Gasteiger partial charge in [0.1, 0.15) is 23.8 Å². The normalized spacial score (nSPS) is 10.2. The van der Waals surface area contributed by atoms with Crippen molar-refractivity contribution in [2.75, 3.05) is 5.73 Å². The van der Waals surface area contributed by atoms with Gasteiger partial charge in [-0.15, -0.1) is 11.3 Å². The maximum atomic E-state index is 13.0. The summed E-state index contributed by atoms with van der Waals surface area (Å²) in [4.78, 5) is 7.78. The lowest BCUT2D eigenvalue weighted by Gasteiger charge is -1.91. The number of hydrogen-bond acceptors (Lipinski definition) is 7. The number of thiazole rings is 2. The molecule has 0 amide bonds. The third-order valence-corrected chi connectivity index (χ3v) is 5.16. The Morgan fingerprint density at radius 3 is 1.92 bits per heavy atom. The lowest BCUT2D eigenvalue weighted by atomic mass is 10.2. The molecule has 4 rings (SSSR count). The topological polar surface area (TPSA) is 99.4 Å². The predicted octanol–water partition coefficient (Wildman–Crippen LogP) is 4.85. The summed E-state index contributed by atoms with van der Waals surface area (Å²) in [6.45, 7) is 0. The van der Waals surface area contributed by atoms with Crippen molar-refractivity contribution in [3.63, 3.8) is 0 Å². The average Bonchev–Trinajstić information content (AvgIpc) is 3.13. The van der Waals surface area contributed by atoms with E-state index >= 15 is 0 Å². The van der Waals surface area contributed by atoms with Gasteiger partial charge >= 0.3 is 0 Å².